The van der Waals surface area contributed by atoms with Crippen molar-refractivity contribution < 1.29 is 9.90 Å². The zero-order valence-electron chi connectivity index (χ0n) is 12.1. The van der Waals surface area contributed by atoms with Crippen LogP contribution in [0.5, 0.6) is 5.75 Å². The molecule has 23 heavy (non-hydrogen) atoms. The predicted molar refractivity (Wildman–Crippen MR) is 83.8 cm³/mol. The van der Waals surface area contributed by atoms with E-state index in [-0.39, 0.29) is 17.7 Å². The monoisotopic (exact) mass is 310 g/mol. The molecule has 1 aromatic carbocycles. The quantitative estimate of drug-likeness (QED) is 0.739. The van der Waals surface area contributed by atoms with E-state index in [1.54, 1.807) is 24.3 Å². The van der Waals surface area contributed by atoms with Crippen LogP contribution >= 0.6 is 0 Å². The molecule has 0 radical (unpaired) electrons. The molecule has 0 bridgehead atoms. The Balaban J connectivity index is 2.05. The molecule has 116 valence electrons. The fourth-order valence-electron chi connectivity index (χ4n) is 2.38. The number of hydrogen-bond donors (Lipinski definition) is 2. The Labute approximate surface area is 131 Å². The smallest absolute Gasteiger partial charge is 0.280 e. The summed E-state index contributed by atoms with van der Waals surface area (Å²) in [7, 11) is 0. The Kier molecular flexibility index (Phi) is 3.76. The number of fused-ring (bicyclic) bond motifs is 1. The second kappa shape index (κ2) is 5.88. The highest BCUT2D eigenvalue weighted by Gasteiger charge is 2.21. The summed E-state index contributed by atoms with van der Waals surface area (Å²) in [5.41, 5.74) is 6.46. The average Bonchev–Trinajstić information content (AvgIpc) is 2.55. The summed E-state index contributed by atoms with van der Waals surface area (Å²) < 4.78 is 1.20. The Hall–Kier alpha value is -3.22. The Morgan fingerprint density at radius 1 is 1.22 bits per heavy atom. The van der Waals surface area contributed by atoms with Gasteiger partial charge in [-0.3, -0.25) is 14.2 Å². The van der Waals surface area contributed by atoms with Crippen molar-refractivity contribution in [3.05, 3.63) is 64.8 Å². The van der Waals surface area contributed by atoms with Crippen LogP contribution in [0.15, 0.2) is 53.7 Å². The van der Waals surface area contributed by atoms with Gasteiger partial charge in [0.15, 0.2) is 5.52 Å². The molecule has 1 amide bonds. The van der Waals surface area contributed by atoms with Gasteiger partial charge in [0.1, 0.15) is 11.8 Å². The van der Waals surface area contributed by atoms with Crippen LogP contribution in [0.25, 0.3) is 11.0 Å². The van der Waals surface area contributed by atoms with Gasteiger partial charge in [0.2, 0.25) is 5.91 Å². The molecule has 1 atom stereocenters. The van der Waals surface area contributed by atoms with Crippen molar-refractivity contribution in [3.8, 4) is 5.75 Å². The van der Waals surface area contributed by atoms with Crippen molar-refractivity contribution in [2.75, 3.05) is 0 Å². The van der Waals surface area contributed by atoms with Crippen LogP contribution in [0.2, 0.25) is 0 Å². The number of rotatable bonds is 4. The molecule has 3 rings (SSSR count). The molecule has 0 aliphatic carbocycles. The maximum Gasteiger partial charge on any atom is 0.280 e. The van der Waals surface area contributed by atoms with E-state index < -0.39 is 17.5 Å². The molecule has 0 fully saturated rings. The van der Waals surface area contributed by atoms with E-state index in [2.05, 4.69) is 9.97 Å². The van der Waals surface area contributed by atoms with Gasteiger partial charge in [-0.15, -0.1) is 0 Å². The van der Waals surface area contributed by atoms with Crippen LogP contribution in [-0.2, 0) is 11.2 Å². The van der Waals surface area contributed by atoms with Crippen molar-refractivity contribution >= 4 is 16.9 Å². The number of carbonyl (C=O) groups excluding carboxylic acids is 1. The first-order valence-electron chi connectivity index (χ1n) is 6.95. The molecule has 0 saturated heterocycles. The van der Waals surface area contributed by atoms with Gasteiger partial charge in [-0.05, 0) is 29.8 Å². The summed E-state index contributed by atoms with van der Waals surface area (Å²) in [6.07, 6.45) is 3.02. The summed E-state index contributed by atoms with van der Waals surface area (Å²) in [6, 6.07) is 8.83. The summed E-state index contributed by atoms with van der Waals surface area (Å²) in [4.78, 5) is 32.5. The normalized spacial score (nSPS) is 12.2. The van der Waals surface area contributed by atoms with Crippen molar-refractivity contribution in [2.24, 2.45) is 5.73 Å². The molecule has 3 N–H and O–H groups in total. The number of primary amides is 1. The van der Waals surface area contributed by atoms with Gasteiger partial charge < -0.3 is 10.8 Å². The number of benzene rings is 1. The Bertz CT molecular complexity index is 919. The van der Waals surface area contributed by atoms with Gasteiger partial charge in [-0.2, -0.15) is 0 Å². The Morgan fingerprint density at radius 2 is 1.96 bits per heavy atom. The first kappa shape index (κ1) is 14.7. The highest BCUT2D eigenvalue weighted by molar-refractivity contribution is 5.79. The molecule has 7 heteroatoms. The molecule has 3 aromatic rings. The van der Waals surface area contributed by atoms with E-state index in [0.29, 0.717) is 5.52 Å². The van der Waals surface area contributed by atoms with E-state index in [1.807, 2.05) is 0 Å². The van der Waals surface area contributed by atoms with Crippen LogP contribution in [-0.4, -0.2) is 25.5 Å². The first-order chi connectivity index (χ1) is 11.1. The van der Waals surface area contributed by atoms with E-state index in [0.717, 1.165) is 5.56 Å². The average molecular weight is 310 g/mol. The first-order valence-corrected chi connectivity index (χ1v) is 6.95. The number of phenolic OH excluding ortho intramolecular Hbond substituents is 1. The minimum absolute atomic E-state index is 0.123. The lowest BCUT2D eigenvalue weighted by Gasteiger charge is -2.16. The number of aromatic hydroxyl groups is 1. The predicted octanol–water partition coefficient (Wildman–Crippen LogP) is 0.766. The SMILES string of the molecule is NC(=O)[C@H](Cc1ccc(O)cc1)n1cnc2cccnc2c1=O. The van der Waals surface area contributed by atoms with Gasteiger partial charge in [0.25, 0.3) is 5.56 Å². The van der Waals surface area contributed by atoms with Crippen LogP contribution in [0, 0.1) is 0 Å². The largest absolute Gasteiger partial charge is 0.508 e. The van der Waals surface area contributed by atoms with Crippen LogP contribution in [0.4, 0.5) is 0 Å². The van der Waals surface area contributed by atoms with Gasteiger partial charge >= 0.3 is 0 Å². The molecule has 0 unspecified atom stereocenters. The third-order valence-corrected chi connectivity index (χ3v) is 3.57. The van der Waals surface area contributed by atoms with Gasteiger partial charge in [0.05, 0.1) is 11.8 Å². The molecule has 0 spiro atoms. The second-order valence-corrected chi connectivity index (χ2v) is 5.12. The van der Waals surface area contributed by atoms with E-state index in [9.17, 15) is 14.7 Å². The molecule has 0 aliphatic rings. The topological polar surface area (TPSA) is 111 Å². The number of aromatic nitrogens is 3. The fourth-order valence-corrected chi connectivity index (χ4v) is 2.38. The van der Waals surface area contributed by atoms with Crippen LogP contribution in [0.3, 0.4) is 0 Å². The third kappa shape index (κ3) is 2.89. The third-order valence-electron chi connectivity index (χ3n) is 3.57. The summed E-state index contributed by atoms with van der Waals surface area (Å²) in [5, 5.41) is 9.31. The molecular formula is C16H14N4O3. The highest BCUT2D eigenvalue weighted by Crippen LogP contribution is 2.16. The lowest BCUT2D eigenvalue weighted by Crippen LogP contribution is -2.35. The lowest BCUT2D eigenvalue weighted by molar-refractivity contribution is -0.121. The highest BCUT2D eigenvalue weighted by atomic mass is 16.3. The number of pyridine rings is 1. The number of amides is 1. The van der Waals surface area contributed by atoms with Gasteiger partial charge in [-0.25, -0.2) is 9.97 Å². The van der Waals surface area contributed by atoms with Crippen molar-refractivity contribution in [3.63, 3.8) is 0 Å². The number of hydrogen-bond acceptors (Lipinski definition) is 5. The van der Waals surface area contributed by atoms with Crippen LogP contribution < -0.4 is 11.3 Å². The minimum Gasteiger partial charge on any atom is -0.508 e. The minimum atomic E-state index is -0.883. The van der Waals surface area contributed by atoms with Crippen molar-refractivity contribution in [2.45, 2.75) is 12.5 Å². The van der Waals surface area contributed by atoms with E-state index in [4.69, 9.17) is 5.73 Å². The van der Waals surface area contributed by atoms with E-state index in [1.165, 1.54) is 29.2 Å². The van der Waals surface area contributed by atoms with Crippen molar-refractivity contribution in [1.82, 2.24) is 14.5 Å². The second-order valence-electron chi connectivity index (χ2n) is 5.12. The van der Waals surface area contributed by atoms with Crippen LogP contribution in [0.1, 0.15) is 11.6 Å². The number of carbonyl (C=O) groups is 1. The summed E-state index contributed by atoms with van der Waals surface area (Å²) in [5.74, 6) is -0.518. The zero-order chi connectivity index (χ0) is 16.4. The lowest BCUT2D eigenvalue weighted by atomic mass is 10.1. The standard InChI is InChI=1S/C16H14N4O3/c17-15(22)13(8-10-3-5-11(21)6-4-10)20-9-19-12-2-1-7-18-14(12)16(20)23/h1-7,9,13,21H,8H2,(H2,17,22)/t13-/m0/s1. The number of phenols is 1. The van der Waals surface area contributed by atoms with Gasteiger partial charge in [0, 0.05) is 12.6 Å². The molecule has 2 aromatic heterocycles. The van der Waals surface area contributed by atoms with Crippen molar-refractivity contribution in [1.29, 1.82) is 0 Å². The molecule has 0 aliphatic heterocycles. The number of nitrogens with two attached hydrogens (primary N) is 1. The summed E-state index contributed by atoms with van der Waals surface area (Å²) in [6.45, 7) is 0. The molecule has 2 heterocycles. The maximum atomic E-state index is 12.5. The van der Waals surface area contributed by atoms with Gasteiger partial charge in [-0.1, -0.05) is 12.1 Å². The van der Waals surface area contributed by atoms with E-state index >= 15 is 0 Å². The molecule has 7 nitrogen and oxygen atoms in total. The molecular weight excluding hydrogens is 296 g/mol. The molecule has 0 saturated carbocycles. The maximum absolute atomic E-state index is 12.5. The fraction of sp³-hybridized carbons (Fsp3) is 0.125. The number of nitrogens with zero attached hydrogens (tertiary/aromatic N) is 3. The Morgan fingerprint density at radius 3 is 2.65 bits per heavy atom. The zero-order valence-corrected chi connectivity index (χ0v) is 12.1. The summed E-state index contributed by atoms with van der Waals surface area (Å²) >= 11 is 0.